The van der Waals surface area contributed by atoms with Crippen LogP contribution in [0.4, 0.5) is 14.5 Å². The van der Waals surface area contributed by atoms with Crippen LogP contribution in [-0.4, -0.2) is 37.1 Å². The number of anilines is 1. The number of amides is 2. The summed E-state index contributed by atoms with van der Waals surface area (Å²) < 4.78 is 44.8. The SMILES string of the molecule is CCCCOc1cc2nccc(OC(/C=C\CNC(=O)C3(C(=O)Nc4ccc(F)cc4)CC3)=C(/C)F)c2cc1OC. The zero-order chi connectivity index (χ0) is 29.4. The second-order valence-corrected chi connectivity index (χ2v) is 9.69. The lowest BCUT2D eigenvalue weighted by Gasteiger charge is -2.15. The van der Waals surface area contributed by atoms with E-state index in [-0.39, 0.29) is 12.3 Å². The summed E-state index contributed by atoms with van der Waals surface area (Å²) in [5, 5.41) is 5.97. The summed E-state index contributed by atoms with van der Waals surface area (Å²) in [6.45, 7) is 3.94. The zero-order valence-electron chi connectivity index (χ0n) is 23.3. The van der Waals surface area contributed by atoms with E-state index < -0.39 is 28.9 Å². The number of hydrogen-bond acceptors (Lipinski definition) is 6. The van der Waals surface area contributed by atoms with E-state index in [1.165, 1.54) is 50.5 Å². The molecule has 1 heterocycles. The molecule has 8 nitrogen and oxygen atoms in total. The summed E-state index contributed by atoms with van der Waals surface area (Å²) in [5.74, 6) is -0.500. The summed E-state index contributed by atoms with van der Waals surface area (Å²) in [4.78, 5) is 29.9. The summed E-state index contributed by atoms with van der Waals surface area (Å²) in [7, 11) is 1.54. The molecule has 0 atom stereocenters. The van der Waals surface area contributed by atoms with Crippen molar-refractivity contribution in [2.75, 3.05) is 25.6 Å². The molecule has 41 heavy (non-hydrogen) atoms. The number of unbranched alkanes of at least 4 members (excludes halogenated alkanes) is 1. The van der Waals surface area contributed by atoms with Gasteiger partial charge in [0, 0.05) is 29.9 Å². The fourth-order valence-electron chi connectivity index (χ4n) is 4.11. The van der Waals surface area contributed by atoms with Gasteiger partial charge in [0.05, 0.1) is 19.2 Å². The molecule has 0 spiro atoms. The number of carbonyl (C=O) groups is 2. The minimum atomic E-state index is -1.18. The van der Waals surface area contributed by atoms with Crippen LogP contribution in [0.1, 0.15) is 39.5 Å². The number of nitrogens with zero attached hydrogens (tertiary/aromatic N) is 1. The molecule has 0 radical (unpaired) electrons. The molecule has 3 aromatic rings. The third-order valence-corrected chi connectivity index (χ3v) is 6.67. The van der Waals surface area contributed by atoms with Gasteiger partial charge in [-0.05, 0) is 68.7 Å². The molecule has 1 saturated carbocycles. The number of fused-ring (bicyclic) bond motifs is 1. The lowest BCUT2D eigenvalue weighted by Crippen LogP contribution is -2.40. The van der Waals surface area contributed by atoms with Gasteiger partial charge in [-0.3, -0.25) is 14.6 Å². The minimum Gasteiger partial charge on any atom is -0.493 e. The summed E-state index contributed by atoms with van der Waals surface area (Å²) in [5.41, 5.74) is -0.181. The Bertz CT molecular complexity index is 1460. The monoisotopic (exact) mass is 565 g/mol. The van der Waals surface area contributed by atoms with E-state index in [0.717, 1.165) is 12.8 Å². The van der Waals surface area contributed by atoms with E-state index >= 15 is 0 Å². The summed E-state index contributed by atoms with van der Waals surface area (Å²) in [6.07, 6.45) is 7.21. The first-order valence-electron chi connectivity index (χ1n) is 13.4. The quantitative estimate of drug-likeness (QED) is 0.110. The highest BCUT2D eigenvalue weighted by atomic mass is 19.1. The highest BCUT2D eigenvalue weighted by Crippen LogP contribution is 2.46. The van der Waals surface area contributed by atoms with Crippen LogP contribution in [0.5, 0.6) is 17.2 Å². The molecule has 10 heteroatoms. The Hall–Kier alpha value is -4.47. The highest BCUT2D eigenvalue weighted by molar-refractivity contribution is 6.13. The van der Waals surface area contributed by atoms with Crippen LogP contribution in [0.3, 0.4) is 0 Å². The second kappa shape index (κ2) is 13.3. The molecule has 1 aliphatic rings. The molecule has 216 valence electrons. The Morgan fingerprint density at radius 3 is 2.49 bits per heavy atom. The molecular weight excluding hydrogens is 532 g/mol. The van der Waals surface area contributed by atoms with Gasteiger partial charge in [-0.15, -0.1) is 0 Å². The maximum absolute atomic E-state index is 14.4. The molecule has 0 unspecified atom stereocenters. The van der Waals surface area contributed by atoms with Gasteiger partial charge in [0.2, 0.25) is 11.8 Å². The Kier molecular flexibility index (Phi) is 9.54. The lowest BCUT2D eigenvalue weighted by molar-refractivity contribution is -0.134. The number of carbonyl (C=O) groups excluding carboxylic acids is 2. The molecule has 0 bridgehead atoms. The number of benzene rings is 2. The highest BCUT2D eigenvalue weighted by Gasteiger charge is 2.56. The van der Waals surface area contributed by atoms with E-state index in [4.69, 9.17) is 14.2 Å². The molecule has 0 aliphatic heterocycles. The van der Waals surface area contributed by atoms with Crippen molar-refractivity contribution in [3.05, 3.63) is 78.2 Å². The minimum absolute atomic E-state index is 0.0495. The number of ether oxygens (including phenoxy) is 3. The van der Waals surface area contributed by atoms with E-state index in [1.807, 2.05) is 0 Å². The number of halogens is 2. The molecule has 1 fully saturated rings. The second-order valence-electron chi connectivity index (χ2n) is 9.69. The van der Waals surface area contributed by atoms with Gasteiger partial charge >= 0.3 is 0 Å². The van der Waals surface area contributed by atoms with Crippen molar-refractivity contribution < 1.29 is 32.6 Å². The molecule has 0 saturated heterocycles. The molecule has 1 aromatic heterocycles. The van der Waals surface area contributed by atoms with Crippen LogP contribution < -0.4 is 24.8 Å². The summed E-state index contributed by atoms with van der Waals surface area (Å²) in [6, 6.07) is 10.4. The van der Waals surface area contributed by atoms with Crippen molar-refractivity contribution in [1.29, 1.82) is 0 Å². The van der Waals surface area contributed by atoms with Gasteiger partial charge in [0.25, 0.3) is 0 Å². The van der Waals surface area contributed by atoms with Gasteiger partial charge in [-0.2, -0.15) is 0 Å². The van der Waals surface area contributed by atoms with Gasteiger partial charge in [-0.25, -0.2) is 8.78 Å². The predicted octanol–water partition coefficient (Wildman–Crippen LogP) is 6.23. The van der Waals surface area contributed by atoms with Crippen LogP contribution in [0.2, 0.25) is 0 Å². The number of pyridine rings is 1. The van der Waals surface area contributed by atoms with E-state index in [1.54, 1.807) is 24.4 Å². The Labute approximate surface area is 237 Å². The largest absolute Gasteiger partial charge is 0.493 e. The maximum atomic E-state index is 14.4. The average molecular weight is 566 g/mol. The van der Waals surface area contributed by atoms with Crippen LogP contribution >= 0.6 is 0 Å². The molecule has 2 N–H and O–H groups in total. The normalized spacial score (nSPS) is 14.4. The lowest BCUT2D eigenvalue weighted by atomic mass is 10.1. The van der Waals surface area contributed by atoms with E-state index in [9.17, 15) is 18.4 Å². The fourth-order valence-corrected chi connectivity index (χ4v) is 4.11. The molecular formula is C31H33F2N3O5. The number of aromatic nitrogens is 1. The molecule has 4 rings (SSSR count). The third kappa shape index (κ3) is 7.19. The van der Waals surface area contributed by atoms with Gasteiger partial charge < -0.3 is 24.8 Å². The predicted molar refractivity (Wildman–Crippen MR) is 152 cm³/mol. The van der Waals surface area contributed by atoms with Crippen molar-refractivity contribution in [2.24, 2.45) is 5.41 Å². The van der Waals surface area contributed by atoms with Crippen molar-refractivity contribution in [3.63, 3.8) is 0 Å². The Morgan fingerprint density at radius 1 is 1.07 bits per heavy atom. The van der Waals surface area contributed by atoms with Crippen molar-refractivity contribution in [1.82, 2.24) is 10.3 Å². The van der Waals surface area contributed by atoms with Crippen molar-refractivity contribution in [3.8, 4) is 17.2 Å². The van der Waals surface area contributed by atoms with Crippen molar-refractivity contribution in [2.45, 2.75) is 39.5 Å². The third-order valence-electron chi connectivity index (χ3n) is 6.67. The van der Waals surface area contributed by atoms with E-state index in [0.29, 0.717) is 53.3 Å². The zero-order valence-corrected chi connectivity index (χ0v) is 23.3. The van der Waals surface area contributed by atoms with Crippen molar-refractivity contribution >= 4 is 28.4 Å². The van der Waals surface area contributed by atoms with Gasteiger partial charge in [0.15, 0.2) is 17.3 Å². The maximum Gasteiger partial charge on any atom is 0.240 e. The molecule has 2 amide bonds. The first kappa shape index (κ1) is 29.5. The number of nitrogens with one attached hydrogen (secondary N) is 2. The van der Waals surface area contributed by atoms with E-state index in [2.05, 4.69) is 22.5 Å². The number of methoxy groups -OCH3 is 1. The number of allylic oxidation sites excluding steroid dienone is 2. The summed E-state index contributed by atoms with van der Waals surface area (Å²) >= 11 is 0. The number of rotatable bonds is 13. The van der Waals surface area contributed by atoms with Gasteiger partial charge in [0.1, 0.15) is 22.8 Å². The molecule has 1 aliphatic carbocycles. The average Bonchev–Trinajstić information content (AvgIpc) is 3.78. The standard InChI is InChI=1S/C31H33F2N3O5/c1-4-5-17-40-28-19-24-23(18-27(28)39-3)26(12-16-34-24)41-25(20(2)32)7-6-15-35-29(37)31(13-14-31)30(38)36-22-10-8-21(33)9-11-22/h6-12,16,18-19H,4-5,13-15,17H2,1-3H3,(H,35,37)(H,36,38)/b7-6-,25-20-. The topological polar surface area (TPSA) is 98.8 Å². The van der Waals surface area contributed by atoms with Crippen LogP contribution in [0.25, 0.3) is 10.9 Å². The van der Waals surface area contributed by atoms with Crippen LogP contribution in [0.15, 0.2) is 72.4 Å². The molecule has 2 aromatic carbocycles. The fraction of sp³-hybridized carbons (Fsp3) is 0.323. The first-order chi connectivity index (χ1) is 19.8. The number of hydrogen-bond donors (Lipinski definition) is 2. The Balaban J connectivity index is 1.40. The van der Waals surface area contributed by atoms with Crippen LogP contribution in [0, 0.1) is 11.2 Å². The first-order valence-corrected chi connectivity index (χ1v) is 13.4. The Morgan fingerprint density at radius 2 is 1.83 bits per heavy atom. The van der Waals surface area contributed by atoms with Crippen LogP contribution in [-0.2, 0) is 9.59 Å². The smallest absolute Gasteiger partial charge is 0.240 e. The van der Waals surface area contributed by atoms with Gasteiger partial charge in [-0.1, -0.05) is 19.4 Å².